The van der Waals surface area contributed by atoms with Crippen LogP contribution in [0.15, 0.2) is 60.7 Å². The largest absolute Gasteiger partial charge is 0.482 e. The predicted molar refractivity (Wildman–Crippen MR) is 128 cm³/mol. The molecule has 2 atom stereocenters. The number of fused-ring (bicyclic) bond motifs is 1. The lowest BCUT2D eigenvalue weighted by atomic mass is 9.90. The van der Waals surface area contributed by atoms with Crippen LogP contribution in [-0.4, -0.2) is 41.1 Å². The van der Waals surface area contributed by atoms with Gasteiger partial charge < -0.3 is 9.47 Å². The molecule has 2 aromatic carbocycles. The maximum absolute atomic E-state index is 12.2. The molecule has 2 N–H and O–H groups in total. The van der Waals surface area contributed by atoms with Crippen LogP contribution in [0.5, 0.6) is 5.75 Å². The Morgan fingerprint density at radius 2 is 1.74 bits per heavy atom. The molecule has 0 aliphatic carbocycles. The number of para-hydroxylation sites is 1. The second kappa shape index (κ2) is 10.3. The Morgan fingerprint density at radius 3 is 2.46 bits per heavy atom. The summed E-state index contributed by atoms with van der Waals surface area (Å²) in [4.78, 5) is 35.3. The highest BCUT2D eigenvalue weighted by atomic mass is 17.1. The van der Waals surface area contributed by atoms with Crippen molar-refractivity contribution in [1.29, 1.82) is 5.41 Å². The maximum atomic E-state index is 12.2. The number of amidine groups is 1. The van der Waals surface area contributed by atoms with E-state index in [9.17, 15) is 9.59 Å². The molecule has 35 heavy (non-hydrogen) atoms. The fraction of sp³-hybridized carbons (Fsp3) is 0.346. The number of alkyl carbamates (subject to hydrolysis) is 1. The number of hydroxylamine groups is 2. The van der Waals surface area contributed by atoms with Crippen LogP contribution >= 0.6 is 0 Å². The number of hydrogen-bond acceptors (Lipinski definition) is 7. The van der Waals surface area contributed by atoms with Crippen molar-refractivity contribution in [1.82, 2.24) is 10.5 Å². The first-order valence-electron chi connectivity index (χ1n) is 11.4. The van der Waals surface area contributed by atoms with Gasteiger partial charge in [0.2, 0.25) is 6.29 Å². The quantitative estimate of drug-likeness (QED) is 0.357. The summed E-state index contributed by atoms with van der Waals surface area (Å²) in [6.07, 6.45) is 2.09. The molecule has 0 radical (unpaired) electrons. The highest BCUT2D eigenvalue weighted by Gasteiger charge is 2.40. The molecule has 4 rings (SSSR count). The van der Waals surface area contributed by atoms with Crippen LogP contribution in [0.25, 0.3) is 6.08 Å². The van der Waals surface area contributed by atoms with E-state index < -0.39 is 30.0 Å². The van der Waals surface area contributed by atoms with E-state index >= 15 is 0 Å². The van der Waals surface area contributed by atoms with Crippen molar-refractivity contribution in [3.8, 4) is 5.75 Å². The van der Waals surface area contributed by atoms with Gasteiger partial charge in [-0.1, -0.05) is 53.8 Å². The zero-order valence-electron chi connectivity index (χ0n) is 19.9. The van der Waals surface area contributed by atoms with Crippen molar-refractivity contribution in [2.24, 2.45) is 0 Å². The monoisotopic (exact) mass is 479 g/mol. The van der Waals surface area contributed by atoms with E-state index in [-0.39, 0.29) is 11.8 Å². The second-order valence-electron chi connectivity index (χ2n) is 9.28. The Bertz CT molecular complexity index is 1110. The van der Waals surface area contributed by atoms with E-state index in [1.54, 1.807) is 26.8 Å². The minimum Gasteiger partial charge on any atom is -0.482 e. The molecule has 0 spiro atoms. The predicted octanol–water partition coefficient (Wildman–Crippen LogP) is 4.56. The molecule has 2 aromatic rings. The van der Waals surface area contributed by atoms with Crippen molar-refractivity contribution < 1.29 is 28.7 Å². The first-order valence-corrected chi connectivity index (χ1v) is 11.4. The van der Waals surface area contributed by atoms with Gasteiger partial charge in [0.1, 0.15) is 17.2 Å². The van der Waals surface area contributed by atoms with E-state index in [0.29, 0.717) is 18.6 Å². The zero-order valence-corrected chi connectivity index (χ0v) is 19.9. The Kier molecular flexibility index (Phi) is 7.18. The van der Waals surface area contributed by atoms with Crippen LogP contribution in [-0.2, 0) is 19.2 Å². The third-order valence-corrected chi connectivity index (χ3v) is 5.40. The summed E-state index contributed by atoms with van der Waals surface area (Å²) in [6.45, 7) is 5.26. The molecule has 9 nitrogen and oxygen atoms in total. The molecule has 2 heterocycles. The smallest absolute Gasteiger partial charge is 0.413 e. The number of carbonyl (C=O) groups is 2. The lowest BCUT2D eigenvalue weighted by molar-refractivity contribution is -0.537. The lowest BCUT2D eigenvalue weighted by Gasteiger charge is -2.36. The molecule has 1 fully saturated rings. The summed E-state index contributed by atoms with van der Waals surface area (Å²) >= 11 is 0. The van der Waals surface area contributed by atoms with Crippen LogP contribution in [0.2, 0.25) is 0 Å². The van der Waals surface area contributed by atoms with E-state index in [0.717, 1.165) is 16.4 Å². The van der Waals surface area contributed by atoms with Crippen molar-refractivity contribution in [3.05, 3.63) is 71.8 Å². The molecule has 9 heteroatoms. The topological polar surface area (TPSA) is 110 Å². The fourth-order valence-corrected chi connectivity index (χ4v) is 3.87. The van der Waals surface area contributed by atoms with Gasteiger partial charge in [-0.2, -0.15) is 0 Å². The van der Waals surface area contributed by atoms with Gasteiger partial charge in [-0.25, -0.2) is 14.5 Å². The van der Waals surface area contributed by atoms with Gasteiger partial charge in [0, 0.05) is 24.0 Å². The number of rotatable bonds is 6. The number of ether oxygens (including phenoxy) is 2. The van der Waals surface area contributed by atoms with Crippen LogP contribution in [0.4, 0.5) is 4.79 Å². The fourth-order valence-electron chi connectivity index (χ4n) is 3.87. The number of nitrogens with zero attached hydrogens (tertiary/aromatic N) is 1. The van der Waals surface area contributed by atoms with Gasteiger partial charge in [-0.05, 0) is 44.9 Å². The molecule has 1 saturated heterocycles. The van der Waals surface area contributed by atoms with Crippen molar-refractivity contribution >= 4 is 23.9 Å². The SMILES string of the molecule is CC(C)(C)OC(=O)NC(=N)C1Oc2ccccc2C1CCC1ON(C(=O)/C=C/c2ccccc2)O1. The molecular weight excluding hydrogens is 450 g/mol. The molecule has 2 unspecified atom stereocenters. The number of nitrogens with one attached hydrogen (secondary N) is 2. The number of hydrogen-bond donors (Lipinski definition) is 2. The lowest BCUT2D eigenvalue weighted by Crippen LogP contribution is -2.49. The molecule has 2 aliphatic heterocycles. The molecule has 2 aliphatic rings. The minimum absolute atomic E-state index is 0.0845. The number of amides is 2. The Morgan fingerprint density at radius 1 is 1.06 bits per heavy atom. The highest BCUT2D eigenvalue weighted by molar-refractivity contribution is 5.97. The zero-order chi connectivity index (χ0) is 25.0. The summed E-state index contributed by atoms with van der Waals surface area (Å²) < 4.78 is 11.2. The van der Waals surface area contributed by atoms with Crippen LogP contribution in [0.1, 0.15) is 50.7 Å². The second-order valence-corrected chi connectivity index (χ2v) is 9.28. The summed E-state index contributed by atoms with van der Waals surface area (Å²) in [5, 5.41) is 11.8. The summed E-state index contributed by atoms with van der Waals surface area (Å²) in [5.74, 6) is -0.0419. The van der Waals surface area contributed by atoms with Crippen molar-refractivity contribution in [2.75, 3.05) is 0 Å². The van der Waals surface area contributed by atoms with Gasteiger partial charge in [0.05, 0.1) is 0 Å². The number of carbonyl (C=O) groups excluding carboxylic acids is 2. The van der Waals surface area contributed by atoms with Gasteiger partial charge >= 0.3 is 6.09 Å². The number of benzene rings is 2. The average Bonchev–Trinajstić information content (AvgIpc) is 3.15. The standard InChI is InChI=1S/C26H29N3O6/c1-26(2,3)33-25(31)28-24(27)23-19(18-11-7-8-12-20(18)32-23)14-16-22-34-29(35-22)21(30)15-13-17-9-5-4-6-10-17/h4-13,15,19,22-23H,14,16H2,1-3H3,(H2,27,28,31)/b15-13+. The average molecular weight is 480 g/mol. The first-order chi connectivity index (χ1) is 16.7. The summed E-state index contributed by atoms with van der Waals surface area (Å²) in [6, 6.07) is 17.0. The normalized spacial score (nSPS) is 19.6. The molecule has 184 valence electrons. The Hall–Kier alpha value is -3.69. The third-order valence-electron chi connectivity index (χ3n) is 5.40. The van der Waals surface area contributed by atoms with Crippen LogP contribution < -0.4 is 10.1 Å². The first kappa shape index (κ1) is 24.4. The van der Waals surface area contributed by atoms with Gasteiger partial charge in [-0.3, -0.25) is 15.5 Å². The molecular formula is C26H29N3O6. The van der Waals surface area contributed by atoms with Crippen LogP contribution in [0, 0.1) is 5.41 Å². The molecule has 0 saturated carbocycles. The molecule has 0 aromatic heterocycles. The van der Waals surface area contributed by atoms with Crippen molar-refractivity contribution in [3.63, 3.8) is 0 Å². The third kappa shape index (κ3) is 6.26. The van der Waals surface area contributed by atoms with E-state index in [1.807, 2.05) is 54.6 Å². The molecule has 2 amide bonds. The Labute approximate surface area is 204 Å². The highest BCUT2D eigenvalue weighted by Crippen LogP contribution is 2.41. The van der Waals surface area contributed by atoms with Gasteiger partial charge in [-0.15, -0.1) is 0 Å². The van der Waals surface area contributed by atoms with Gasteiger partial charge in [0.25, 0.3) is 5.91 Å². The van der Waals surface area contributed by atoms with Crippen LogP contribution in [0.3, 0.4) is 0 Å². The Balaban J connectivity index is 1.31. The van der Waals surface area contributed by atoms with Crippen molar-refractivity contribution in [2.45, 2.75) is 57.5 Å². The molecule has 0 bridgehead atoms. The maximum Gasteiger partial charge on any atom is 0.413 e. The summed E-state index contributed by atoms with van der Waals surface area (Å²) in [5.41, 5.74) is 1.15. The van der Waals surface area contributed by atoms with E-state index in [1.165, 1.54) is 6.08 Å². The van der Waals surface area contributed by atoms with E-state index in [2.05, 4.69) is 5.32 Å². The van der Waals surface area contributed by atoms with E-state index in [4.69, 9.17) is 24.6 Å². The van der Waals surface area contributed by atoms with Gasteiger partial charge in [0.15, 0.2) is 6.10 Å². The minimum atomic E-state index is -0.704. The summed E-state index contributed by atoms with van der Waals surface area (Å²) in [7, 11) is 0.